The minimum Gasteiger partial charge on any atom is -0.479 e. The summed E-state index contributed by atoms with van der Waals surface area (Å²) in [5, 5.41) is 10.5. The molecular weight excluding hydrogens is 274 g/mol. The fourth-order valence-electron chi connectivity index (χ4n) is 2.48. The number of anilines is 1. The molecule has 112 valence electrons. The topological polar surface area (TPSA) is 95.1 Å². The van der Waals surface area contributed by atoms with Crippen LogP contribution >= 0.6 is 0 Å². The minimum atomic E-state index is -0.452. The lowest BCUT2D eigenvalue weighted by molar-refractivity contribution is 0.0986. The fraction of sp³-hybridized carbons (Fsp3) is 0.538. The van der Waals surface area contributed by atoms with E-state index in [9.17, 15) is 4.79 Å². The molecule has 0 unspecified atom stereocenters. The maximum atomic E-state index is 11.9. The van der Waals surface area contributed by atoms with Crippen LogP contribution in [0.4, 0.5) is 5.95 Å². The van der Waals surface area contributed by atoms with Crippen molar-refractivity contribution in [2.24, 2.45) is 0 Å². The van der Waals surface area contributed by atoms with Crippen LogP contribution < -0.4 is 10.1 Å². The highest BCUT2D eigenvalue weighted by Crippen LogP contribution is 2.27. The highest BCUT2D eigenvalue weighted by Gasteiger charge is 2.19. The Bertz CT molecular complexity index is 615. The zero-order chi connectivity index (χ0) is 14.7. The molecule has 1 aliphatic rings. The summed E-state index contributed by atoms with van der Waals surface area (Å²) < 4.78 is 11.6. The van der Waals surface area contributed by atoms with E-state index in [1.165, 1.54) is 32.4 Å². The van der Waals surface area contributed by atoms with E-state index in [0.717, 1.165) is 12.8 Å². The SMILES string of the molecule is COc1cc(C(=O)Nc2ncn(C3CCCCC3)n2)on1. The predicted octanol–water partition coefficient (Wildman–Crippen LogP) is 2.03. The van der Waals surface area contributed by atoms with Gasteiger partial charge in [-0.2, -0.15) is 0 Å². The zero-order valence-electron chi connectivity index (χ0n) is 11.8. The van der Waals surface area contributed by atoms with Gasteiger partial charge in [0.05, 0.1) is 19.2 Å². The van der Waals surface area contributed by atoms with Crippen molar-refractivity contribution in [2.75, 3.05) is 12.4 Å². The molecule has 0 saturated heterocycles. The van der Waals surface area contributed by atoms with Crippen LogP contribution in [0.2, 0.25) is 0 Å². The molecule has 0 radical (unpaired) electrons. The molecule has 1 saturated carbocycles. The predicted molar refractivity (Wildman–Crippen MR) is 73.2 cm³/mol. The van der Waals surface area contributed by atoms with Gasteiger partial charge in [-0.05, 0) is 18.0 Å². The quantitative estimate of drug-likeness (QED) is 0.926. The molecule has 3 rings (SSSR count). The highest BCUT2D eigenvalue weighted by molar-refractivity contribution is 6.01. The summed E-state index contributed by atoms with van der Waals surface area (Å²) in [7, 11) is 1.45. The van der Waals surface area contributed by atoms with Crippen LogP contribution in [-0.4, -0.2) is 32.9 Å². The van der Waals surface area contributed by atoms with E-state index >= 15 is 0 Å². The van der Waals surface area contributed by atoms with E-state index < -0.39 is 5.91 Å². The molecule has 0 bridgehead atoms. The van der Waals surface area contributed by atoms with Crippen molar-refractivity contribution in [2.45, 2.75) is 38.1 Å². The van der Waals surface area contributed by atoms with Crippen molar-refractivity contribution in [1.29, 1.82) is 0 Å². The minimum absolute atomic E-state index is 0.0564. The molecule has 2 aromatic rings. The van der Waals surface area contributed by atoms with Crippen molar-refractivity contribution in [3.8, 4) is 5.88 Å². The van der Waals surface area contributed by atoms with Gasteiger partial charge >= 0.3 is 0 Å². The van der Waals surface area contributed by atoms with Gasteiger partial charge in [0, 0.05) is 0 Å². The van der Waals surface area contributed by atoms with Gasteiger partial charge in [0.15, 0.2) is 0 Å². The first kappa shape index (κ1) is 13.6. The number of carbonyl (C=O) groups excluding carboxylic acids is 1. The Hall–Kier alpha value is -2.38. The maximum Gasteiger partial charge on any atom is 0.296 e. The molecule has 1 amide bonds. The monoisotopic (exact) mass is 291 g/mol. The number of aromatic nitrogens is 4. The van der Waals surface area contributed by atoms with Crippen LogP contribution in [-0.2, 0) is 0 Å². The molecule has 0 atom stereocenters. The molecular formula is C13H17N5O3. The molecule has 1 aliphatic carbocycles. The van der Waals surface area contributed by atoms with Gasteiger partial charge in [0.2, 0.25) is 11.7 Å². The van der Waals surface area contributed by atoms with E-state index in [0.29, 0.717) is 6.04 Å². The van der Waals surface area contributed by atoms with E-state index in [4.69, 9.17) is 9.26 Å². The van der Waals surface area contributed by atoms with Crippen molar-refractivity contribution in [3.63, 3.8) is 0 Å². The standard InChI is InChI=1S/C13H17N5O3/c1-20-11-7-10(21-17-11)12(19)15-13-14-8-18(16-13)9-5-3-2-4-6-9/h7-9H,2-6H2,1H3,(H,15,16,19). The summed E-state index contributed by atoms with van der Waals surface area (Å²) in [6.07, 6.45) is 7.58. The van der Waals surface area contributed by atoms with Crippen molar-refractivity contribution < 1.29 is 14.1 Å². The zero-order valence-corrected chi connectivity index (χ0v) is 11.8. The van der Waals surface area contributed by atoms with Gasteiger partial charge in [-0.3, -0.25) is 10.1 Å². The van der Waals surface area contributed by atoms with Gasteiger partial charge < -0.3 is 9.26 Å². The molecule has 2 heterocycles. The van der Waals surface area contributed by atoms with Crippen molar-refractivity contribution in [3.05, 3.63) is 18.2 Å². The lowest BCUT2D eigenvalue weighted by Crippen LogP contribution is -2.15. The number of hydrogen-bond acceptors (Lipinski definition) is 6. The van der Waals surface area contributed by atoms with E-state index in [1.807, 2.05) is 4.68 Å². The van der Waals surface area contributed by atoms with Crippen LogP contribution in [0.3, 0.4) is 0 Å². The van der Waals surface area contributed by atoms with Crippen LogP contribution in [0.1, 0.15) is 48.7 Å². The Balaban J connectivity index is 1.64. The first-order valence-electron chi connectivity index (χ1n) is 6.99. The Kier molecular flexibility index (Phi) is 3.85. The van der Waals surface area contributed by atoms with Gasteiger partial charge in [-0.15, -0.1) is 5.10 Å². The number of amides is 1. The number of nitrogens with zero attached hydrogens (tertiary/aromatic N) is 4. The molecule has 0 spiro atoms. The normalized spacial score (nSPS) is 15.9. The Morgan fingerprint density at radius 2 is 2.24 bits per heavy atom. The van der Waals surface area contributed by atoms with Crippen LogP contribution in [0, 0.1) is 0 Å². The number of ether oxygens (including phenoxy) is 1. The summed E-state index contributed by atoms with van der Waals surface area (Å²) in [5.74, 6) is 0.120. The Morgan fingerprint density at radius 3 is 2.95 bits per heavy atom. The third kappa shape index (κ3) is 3.04. The van der Waals surface area contributed by atoms with Gasteiger partial charge in [0.1, 0.15) is 6.33 Å². The van der Waals surface area contributed by atoms with Crippen LogP contribution in [0.5, 0.6) is 5.88 Å². The first-order valence-corrected chi connectivity index (χ1v) is 6.99. The van der Waals surface area contributed by atoms with Gasteiger partial charge in [-0.1, -0.05) is 19.3 Å². The average molecular weight is 291 g/mol. The number of methoxy groups -OCH3 is 1. The number of rotatable bonds is 4. The summed E-state index contributed by atoms with van der Waals surface area (Å²) in [5.41, 5.74) is 0. The lowest BCUT2D eigenvalue weighted by atomic mass is 9.96. The van der Waals surface area contributed by atoms with Crippen LogP contribution in [0.15, 0.2) is 16.9 Å². The molecule has 0 aromatic carbocycles. The van der Waals surface area contributed by atoms with Gasteiger partial charge in [0.25, 0.3) is 11.8 Å². The Morgan fingerprint density at radius 1 is 1.43 bits per heavy atom. The molecule has 0 aliphatic heterocycles. The lowest BCUT2D eigenvalue weighted by Gasteiger charge is -2.20. The smallest absolute Gasteiger partial charge is 0.296 e. The Labute approximate surface area is 121 Å². The molecule has 2 aromatic heterocycles. The summed E-state index contributed by atoms with van der Waals surface area (Å²) in [6.45, 7) is 0. The second kappa shape index (κ2) is 5.94. The summed E-state index contributed by atoms with van der Waals surface area (Å²) >= 11 is 0. The van der Waals surface area contributed by atoms with E-state index in [1.54, 1.807) is 6.33 Å². The third-order valence-corrected chi connectivity index (χ3v) is 3.60. The third-order valence-electron chi connectivity index (χ3n) is 3.60. The second-order valence-corrected chi connectivity index (χ2v) is 5.03. The highest BCUT2D eigenvalue weighted by atomic mass is 16.5. The second-order valence-electron chi connectivity index (χ2n) is 5.03. The van der Waals surface area contributed by atoms with Crippen LogP contribution in [0.25, 0.3) is 0 Å². The number of hydrogen-bond donors (Lipinski definition) is 1. The van der Waals surface area contributed by atoms with Gasteiger partial charge in [-0.25, -0.2) is 9.67 Å². The maximum absolute atomic E-state index is 11.9. The first-order chi connectivity index (χ1) is 10.3. The van der Waals surface area contributed by atoms with Crippen molar-refractivity contribution in [1.82, 2.24) is 19.9 Å². The number of carbonyl (C=O) groups is 1. The van der Waals surface area contributed by atoms with Crippen molar-refractivity contribution >= 4 is 11.9 Å². The number of nitrogens with one attached hydrogen (secondary N) is 1. The molecule has 8 heteroatoms. The van der Waals surface area contributed by atoms with E-state index in [-0.39, 0.29) is 17.6 Å². The molecule has 8 nitrogen and oxygen atoms in total. The molecule has 21 heavy (non-hydrogen) atoms. The summed E-state index contributed by atoms with van der Waals surface area (Å²) in [4.78, 5) is 16.0. The molecule has 1 N–H and O–H groups in total. The fourth-order valence-corrected chi connectivity index (χ4v) is 2.48. The average Bonchev–Trinajstić information content (AvgIpc) is 3.17. The molecule has 1 fully saturated rings. The van der Waals surface area contributed by atoms with E-state index in [2.05, 4.69) is 20.6 Å². The largest absolute Gasteiger partial charge is 0.479 e. The summed E-state index contributed by atoms with van der Waals surface area (Å²) in [6, 6.07) is 1.79.